The molecule has 1 amide bonds. The number of para-hydroxylation sites is 1. The van der Waals surface area contributed by atoms with E-state index in [1.807, 2.05) is 18.2 Å². The Labute approximate surface area is 140 Å². The van der Waals surface area contributed by atoms with Crippen molar-refractivity contribution in [3.05, 3.63) is 71.8 Å². The van der Waals surface area contributed by atoms with Gasteiger partial charge in [-0.05, 0) is 19.1 Å². The Morgan fingerprint density at radius 3 is 2.42 bits per heavy atom. The van der Waals surface area contributed by atoms with Crippen molar-refractivity contribution >= 4 is 11.5 Å². The highest BCUT2D eigenvalue weighted by Crippen LogP contribution is 2.41. The molecule has 2 aromatic carbocycles. The number of hydrogen-bond donors (Lipinski definition) is 1. The van der Waals surface area contributed by atoms with Crippen molar-refractivity contribution in [2.75, 3.05) is 13.7 Å². The molecule has 24 heavy (non-hydrogen) atoms. The lowest BCUT2D eigenvalue weighted by Crippen LogP contribution is -2.44. The number of carbonyl (C=O) groups is 1. The zero-order chi connectivity index (χ0) is 17.2. The minimum atomic E-state index is -1.66. The third-order valence-electron chi connectivity index (χ3n) is 3.92. The van der Waals surface area contributed by atoms with Crippen LogP contribution in [0.15, 0.2) is 60.7 Å². The fraction of sp³-hybridized carbons (Fsp3) is 0.211. The third kappa shape index (κ3) is 2.58. The predicted octanol–water partition coefficient (Wildman–Crippen LogP) is 2.72. The van der Waals surface area contributed by atoms with Crippen molar-refractivity contribution < 1.29 is 19.5 Å². The molecule has 0 fully saturated rings. The van der Waals surface area contributed by atoms with E-state index in [2.05, 4.69) is 0 Å². The number of benzene rings is 2. The van der Waals surface area contributed by atoms with Gasteiger partial charge in [-0.25, -0.2) is 0 Å². The summed E-state index contributed by atoms with van der Waals surface area (Å²) in [6.45, 7) is 2.02. The van der Waals surface area contributed by atoms with Crippen molar-refractivity contribution in [3.63, 3.8) is 0 Å². The van der Waals surface area contributed by atoms with Crippen molar-refractivity contribution in [1.29, 1.82) is 0 Å². The molecular formula is C19H19NO4. The summed E-state index contributed by atoms with van der Waals surface area (Å²) in [5, 5.41) is 12.2. The van der Waals surface area contributed by atoms with Crippen LogP contribution in [0.25, 0.3) is 5.57 Å². The smallest absolute Gasteiger partial charge is 0.281 e. The number of aliphatic hydroxyl groups is 1. The van der Waals surface area contributed by atoms with E-state index in [1.165, 1.54) is 6.08 Å². The quantitative estimate of drug-likeness (QED) is 0.918. The number of nitrogens with zero attached hydrogens (tertiary/aromatic N) is 1. The molecule has 1 heterocycles. The summed E-state index contributed by atoms with van der Waals surface area (Å²) in [7, 11) is 1.54. The summed E-state index contributed by atoms with van der Waals surface area (Å²) in [4.78, 5) is 18.3. The molecule has 2 aromatic rings. The number of amides is 1. The lowest BCUT2D eigenvalue weighted by molar-refractivity contribution is -0.254. The largest absolute Gasteiger partial charge is 0.496 e. The standard InChI is InChI=1S/C19H19NO4/c1-3-24-20-18(21)16(15-11-7-8-12-17(15)23-2)13-19(20,22)14-9-5-4-6-10-14/h4-13,22H,3H2,1-2H3. The van der Waals surface area contributed by atoms with Crippen LogP contribution in [-0.4, -0.2) is 29.8 Å². The van der Waals surface area contributed by atoms with Crippen molar-refractivity contribution in [2.24, 2.45) is 0 Å². The van der Waals surface area contributed by atoms with E-state index in [0.717, 1.165) is 5.06 Å². The van der Waals surface area contributed by atoms with Crippen molar-refractivity contribution in [1.82, 2.24) is 5.06 Å². The maximum atomic E-state index is 12.9. The molecule has 3 rings (SSSR count). The van der Waals surface area contributed by atoms with E-state index in [9.17, 15) is 9.90 Å². The van der Waals surface area contributed by atoms with Gasteiger partial charge >= 0.3 is 0 Å². The fourth-order valence-corrected chi connectivity index (χ4v) is 2.82. The lowest BCUT2D eigenvalue weighted by Gasteiger charge is -2.31. The van der Waals surface area contributed by atoms with Gasteiger partial charge in [0.25, 0.3) is 5.91 Å². The van der Waals surface area contributed by atoms with E-state index in [1.54, 1.807) is 50.4 Å². The fourth-order valence-electron chi connectivity index (χ4n) is 2.82. The van der Waals surface area contributed by atoms with Crippen LogP contribution < -0.4 is 4.74 Å². The molecule has 1 N–H and O–H groups in total. The maximum Gasteiger partial charge on any atom is 0.281 e. The van der Waals surface area contributed by atoms with E-state index >= 15 is 0 Å². The molecule has 0 saturated carbocycles. The van der Waals surface area contributed by atoms with E-state index in [0.29, 0.717) is 22.4 Å². The average molecular weight is 325 g/mol. The van der Waals surface area contributed by atoms with Gasteiger partial charge in [-0.3, -0.25) is 9.63 Å². The first kappa shape index (κ1) is 16.2. The van der Waals surface area contributed by atoms with Crippen LogP contribution in [-0.2, 0) is 15.4 Å². The first-order valence-electron chi connectivity index (χ1n) is 7.73. The summed E-state index contributed by atoms with van der Waals surface area (Å²) in [6.07, 6.45) is 1.51. The Morgan fingerprint density at radius 1 is 1.08 bits per heavy atom. The third-order valence-corrected chi connectivity index (χ3v) is 3.92. The van der Waals surface area contributed by atoms with Gasteiger partial charge in [-0.1, -0.05) is 48.5 Å². The Morgan fingerprint density at radius 2 is 1.75 bits per heavy atom. The zero-order valence-corrected chi connectivity index (χ0v) is 13.6. The molecule has 1 atom stereocenters. The molecule has 0 aliphatic carbocycles. The molecule has 5 heteroatoms. The second kappa shape index (κ2) is 6.47. The molecular weight excluding hydrogens is 306 g/mol. The number of hydrogen-bond acceptors (Lipinski definition) is 4. The van der Waals surface area contributed by atoms with Gasteiger partial charge in [0.15, 0.2) is 0 Å². The highest BCUT2D eigenvalue weighted by Gasteiger charge is 2.47. The summed E-state index contributed by atoms with van der Waals surface area (Å²) in [6, 6.07) is 16.1. The molecule has 0 radical (unpaired) electrons. The highest BCUT2D eigenvalue weighted by molar-refractivity contribution is 6.22. The van der Waals surface area contributed by atoms with Crippen LogP contribution in [0.5, 0.6) is 5.75 Å². The van der Waals surface area contributed by atoms with Gasteiger partial charge in [-0.15, -0.1) is 0 Å². The topological polar surface area (TPSA) is 59.0 Å². The summed E-state index contributed by atoms with van der Waals surface area (Å²) in [5.74, 6) is 0.151. The Kier molecular flexibility index (Phi) is 4.38. The Hall–Kier alpha value is -2.63. The predicted molar refractivity (Wildman–Crippen MR) is 89.8 cm³/mol. The SMILES string of the molecule is CCON1C(=O)C(c2ccccc2OC)=CC1(O)c1ccccc1. The van der Waals surface area contributed by atoms with E-state index in [-0.39, 0.29) is 6.61 Å². The van der Waals surface area contributed by atoms with Crippen molar-refractivity contribution in [2.45, 2.75) is 12.6 Å². The maximum absolute atomic E-state index is 12.9. The van der Waals surface area contributed by atoms with Crippen LogP contribution in [0, 0.1) is 0 Å². The molecule has 0 saturated heterocycles. The zero-order valence-electron chi connectivity index (χ0n) is 13.6. The molecule has 1 unspecified atom stereocenters. The molecule has 124 valence electrons. The molecule has 0 aromatic heterocycles. The van der Waals surface area contributed by atoms with E-state index in [4.69, 9.17) is 9.57 Å². The van der Waals surface area contributed by atoms with Crippen LogP contribution in [0.2, 0.25) is 0 Å². The van der Waals surface area contributed by atoms with Gasteiger partial charge in [0.2, 0.25) is 5.72 Å². The van der Waals surface area contributed by atoms with Gasteiger partial charge in [0.05, 0.1) is 19.3 Å². The molecule has 5 nitrogen and oxygen atoms in total. The summed E-state index contributed by atoms with van der Waals surface area (Å²) in [5.41, 5.74) is -0.157. The van der Waals surface area contributed by atoms with Gasteiger partial charge in [0, 0.05) is 11.1 Å². The van der Waals surface area contributed by atoms with Gasteiger partial charge in [0.1, 0.15) is 5.75 Å². The van der Waals surface area contributed by atoms with Crippen molar-refractivity contribution in [3.8, 4) is 5.75 Å². The second-order valence-electron chi connectivity index (χ2n) is 5.37. The van der Waals surface area contributed by atoms with Crippen LogP contribution in [0.1, 0.15) is 18.1 Å². The average Bonchev–Trinajstić information content (AvgIpc) is 2.89. The monoisotopic (exact) mass is 325 g/mol. The highest BCUT2D eigenvalue weighted by atomic mass is 16.7. The first-order valence-corrected chi connectivity index (χ1v) is 7.73. The first-order chi connectivity index (χ1) is 11.6. The molecule has 0 bridgehead atoms. The Balaban J connectivity index is 2.14. The minimum Gasteiger partial charge on any atom is -0.496 e. The van der Waals surface area contributed by atoms with Crippen LogP contribution in [0.3, 0.4) is 0 Å². The number of ether oxygens (including phenoxy) is 1. The minimum absolute atomic E-state index is 0.258. The molecule has 1 aliphatic rings. The van der Waals surface area contributed by atoms with Gasteiger partial charge in [-0.2, -0.15) is 5.06 Å². The van der Waals surface area contributed by atoms with E-state index < -0.39 is 11.6 Å². The normalized spacial score (nSPS) is 20.2. The van der Waals surface area contributed by atoms with Crippen LogP contribution >= 0.6 is 0 Å². The Bertz CT molecular complexity index is 772. The molecule has 1 aliphatic heterocycles. The molecule has 0 spiro atoms. The summed E-state index contributed by atoms with van der Waals surface area (Å²) >= 11 is 0. The van der Waals surface area contributed by atoms with Gasteiger partial charge < -0.3 is 9.84 Å². The lowest BCUT2D eigenvalue weighted by atomic mass is 10.0. The summed E-state index contributed by atoms with van der Waals surface area (Å²) < 4.78 is 5.34. The second-order valence-corrected chi connectivity index (χ2v) is 5.37. The number of carbonyl (C=O) groups excluding carboxylic acids is 1. The van der Waals surface area contributed by atoms with Crippen LogP contribution in [0.4, 0.5) is 0 Å². The number of rotatable bonds is 5. The number of methoxy groups -OCH3 is 1. The number of hydroxylamine groups is 2.